The van der Waals surface area contributed by atoms with Gasteiger partial charge in [0.1, 0.15) is 6.07 Å². The average molecular weight is 243 g/mol. The minimum Gasteiger partial charge on any atom is -0.297 e. The Balaban J connectivity index is 2.28. The highest BCUT2D eigenvalue weighted by atomic mass is 32.1. The van der Waals surface area contributed by atoms with Gasteiger partial charge in [0.25, 0.3) is 0 Å². The minimum absolute atomic E-state index is 0.586. The Kier molecular flexibility index (Phi) is 2.30. The summed E-state index contributed by atoms with van der Waals surface area (Å²) in [7, 11) is 0. The second kappa shape index (κ2) is 3.82. The second-order valence-corrected chi connectivity index (χ2v) is 5.12. The van der Waals surface area contributed by atoms with Crippen LogP contribution in [0, 0.1) is 11.3 Å². The SMILES string of the molecule is N#Cc1cnn2c1-c1cc(C=O)sc1CCC2. The van der Waals surface area contributed by atoms with Gasteiger partial charge in [-0.15, -0.1) is 11.3 Å². The van der Waals surface area contributed by atoms with Gasteiger partial charge < -0.3 is 0 Å². The van der Waals surface area contributed by atoms with Crippen LogP contribution in [-0.4, -0.2) is 16.1 Å². The Labute approximate surface area is 102 Å². The lowest BCUT2D eigenvalue weighted by Crippen LogP contribution is -2.00. The Morgan fingerprint density at radius 2 is 2.47 bits per heavy atom. The monoisotopic (exact) mass is 243 g/mol. The van der Waals surface area contributed by atoms with Crippen molar-refractivity contribution < 1.29 is 4.79 Å². The molecule has 0 amide bonds. The molecule has 84 valence electrons. The van der Waals surface area contributed by atoms with Crippen LogP contribution in [0.25, 0.3) is 11.3 Å². The van der Waals surface area contributed by atoms with E-state index in [1.165, 1.54) is 16.2 Å². The summed E-state index contributed by atoms with van der Waals surface area (Å²) in [5.41, 5.74) is 2.45. The molecule has 2 aromatic rings. The normalized spacial score (nSPS) is 13.4. The molecule has 17 heavy (non-hydrogen) atoms. The second-order valence-electron chi connectivity index (χ2n) is 3.95. The number of hydrogen-bond acceptors (Lipinski definition) is 4. The Bertz CT molecular complexity index is 633. The molecule has 0 bridgehead atoms. The average Bonchev–Trinajstić information content (AvgIpc) is 2.89. The molecule has 4 nitrogen and oxygen atoms in total. The fourth-order valence-corrected chi connectivity index (χ4v) is 3.23. The van der Waals surface area contributed by atoms with E-state index in [1.54, 1.807) is 6.20 Å². The molecule has 2 aromatic heterocycles. The van der Waals surface area contributed by atoms with E-state index in [9.17, 15) is 4.79 Å². The van der Waals surface area contributed by atoms with Crippen molar-refractivity contribution in [1.29, 1.82) is 5.26 Å². The Morgan fingerprint density at radius 1 is 1.59 bits per heavy atom. The number of fused-ring (bicyclic) bond motifs is 3. The zero-order chi connectivity index (χ0) is 11.8. The lowest BCUT2D eigenvalue weighted by molar-refractivity contribution is 0.112. The van der Waals surface area contributed by atoms with E-state index in [1.807, 2.05) is 10.7 Å². The highest BCUT2D eigenvalue weighted by molar-refractivity contribution is 7.14. The van der Waals surface area contributed by atoms with Crippen molar-refractivity contribution in [3.05, 3.63) is 27.6 Å². The molecule has 1 aliphatic rings. The molecule has 1 aliphatic heterocycles. The highest BCUT2D eigenvalue weighted by Crippen LogP contribution is 2.36. The maximum Gasteiger partial charge on any atom is 0.160 e. The van der Waals surface area contributed by atoms with Gasteiger partial charge in [-0.2, -0.15) is 10.4 Å². The molecule has 0 radical (unpaired) electrons. The number of nitrogens with zero attached hydrogens (tertiary/aromatic N) is 3. The van der Waals surface area contributed by atoms with Crippen LogP contribution in [0.15, 0.2) is 12.3 Å². The third-order valence-corrected chi connectivity index (χ3v) is 4.05. The van der Waals surface area contributed by atoms with Gasteiger partial charge in [-0.3, -0.25) is 9.48 Å². The fourth-order valence-electron chi connectivity index (χ4n) is 2.20. The van der Waals surface area contributed by atoms with Gasteiger partial charge in [0.05, 0.1) is 22.3 Å². The smallest absolute Gasteiger partial charge is 0.160 e. The van der Waals surface area contributed by atoms with Crippen LogP contribution < -0.4 is 0 Å². The number of nitriles is 1. The summed E-state index contributed by atoms with van der Waals surface area (Å²) in [6.45, 7) is 0.828. The molecule has 3 rings (SSSR count). The van der Waals surface area contributed by atoms with Gasteiger partial charge in [0, 0.05) is 17.0 Å². The van der Waals surface area contributed by atoms with Crippen molar-refractivity contribution in [3.63, 3.8) is 0 Å². The van der Waals surface area contributed by atoms with Crippen molar-refractivity contribution in [2.45, 2.75) is 19.4 Å². The number of carbonyl (C=O) groups is 1. The summed E-state index contributed by atoms with van der Waals surface area (Å²) in [4.78, 5) is 12.7. The molecule has 5 heteroatoms. The quantitative estimate of drug-likeness (QED) is 0.722. The molecule has 0 aliphatic carbocycles. The summed E-state index contributed by atoms with van der Waals surface area (Å²) >= 11 is 1.52. The predicted molar refractivity (Wildman–Crippen MR) is 64.0 cm³/mol. The third kappa shape index (κ3) is 1.49. The van der Waals surface area contributed by atoms with E-state index in [-0.39, 0.29) is 0 Å². The summed E-state index contributed by atoms with van der Waals surface area (Å²) in [5, 5.41) is 13.3. The maximum atomic E-state index is 10.8. The molecular formula is C12H9N3OS. The number of carbonyl (C=O) groups excluding carboxylic acids is 1. The van der Waals surface area contributed by atoms with Crippen LogP contribution >= 0.6 is 11.3 Å². The lowest BCUT2D eigenvalue weighted by Gasteiger charge is -2.01. The first kappa shape index (κ1) is 10.2. The van der Waals surface area contributed by atoms with Gasteiger partial charge in [-0.05, 0) is 18.9 Å². The highest BCUT2D eigenvalue weighted by Gasteiger charge is 2.21. The van der Waals surface area contributed by atoms with E-state index in [2.05, 4.69) is 11.2 Å². The summed E-state index contributed by atoms with van der Waals surface area (Å²) in [6, 6.07) is 4.03. The van der Waals surface area contributed by atoms with E-state index in [4.69, 9.17) is 5.26 Å². The Morgan fingerprint density at radius 3 is 3.24 bits per heavy atom. The minimum atomic E-state index is 0.586. The van der Waals surface area contributed by atoms with Crippen LogP contribution in [-0.2, 0) is 13.0 Å². The number of aldehydes is 1. The molecule has 0 N–H and O–H groups in total. The molecule has 0 unspecified atom stereocenters. The van der Waals surface area contributed by atoms with Crippen LogP contribution in [0.3, 0.4) is 0 Å². The standard InChI is InChI=1S/C12H9N3OS/c13-5-8-6-14-15-3-1-2-11-10(12(8)15)4-9(7-16)17-11/h4,6-7H,1-3H2. The van der Waals surface area contributed by atoms with Crippen LogP contribution in [0.1, 0.15) is 26.5 Å². The zero-order valence-electron chi connectivity index (χ0n) is 9.01. The van der Waals surface area contributed by atoms with Crippen LogP contribution in [0.2, 0.25) is 0 Å². The molecule has 3 heterocycles. The van der Waals surface area contributed by atoms with Gasteiger partial charge in [0.2, 0.25) is 0 Å². The fraction of sp³-hybridized carbons (Fsp3) is 0.250. The van der Waals surface area contributed by atoms with Gasteiger partial charge in [-0.25, -0.2) is 0 Å². The number of aryl methyl sites for hydroxylation is 2. The first-order valence-corrected chi connectivity index (χ1v) is 6.19. The maximum absolute atomic E-state index is 10.8. The number of hydrogen-bond donors (Lipinski definition) is 0. The van der Waals surface area contributed by atoms with Gasteiger partial charge >= 0.3 is 0 Å². The summed E-state index contributed by atoms with van der Waals surface area (Å²) in [5.74, 6) is 0. The molecule has 0 saturated carbocycles. The van der Waals surface area contributed by atoms with Crippen LogP contribution in [0.4, 0.5) is 0 Å². The number of thiophene rings is 1. The molecule has 0 atom stereocenters. The summed E-state index contributed by atoms with van der Waals surface area (Å²) < 4.78 is 1.87. The summed E-state index contributed by atoms with van der Waals surface area (Å²) in [6.07, 6.45) is 4.40. The van der Waals surface area contributed by atoms with E-state index in [0.29, 0.717) is 10.4 Å². The molecule has 0 fully saturated rings. The van der Waals surface area contributed by atoms with Crippen molar-refractivity contribution in [2.24, 2.45) is 0 Å². The molecule has 0 spiro atoms. The largest absolute Gasteiger partial charge is 0.297 e. The zero-order valence-corrected chi connectivity index (χ0v) is 9.83. The molecule has 0 aromatic carbocycles. The first-order valence-electron chi connectivity index (χ1n) is 5.37. The van der Waals surface area contributed by atoms with E-state index in [0.717, 1.165) is 36.9 Å². The van der Waals surface area contributed by atoms with Crippen molar-refractivity contribution in [2.75, 3.05) is 0 Å². The predicted octanol–water partition coefficient (Wildman–Crippen LogP) is 2.24. The molecule has 0 saturated heterocycles. The van der Waals surface area contributed by atoms with E-state index >= 15 is 0 Å². The van der Waals surface area contributed by atoms with E-state index < -0.39 is 0 Å². The third-order valence-electron chi connectivity index (χ3n) is 2.93. The number of aromatic nitrogens is 2. The van der Waals surface area contributed by atoms with Gasteiger partial charge in [0.15, 0.2) is 6.29 Å². The topological polar surface area (TPSA) is 58.7 Å². The molecular weight excluding hydrogens is 234 g/mol. The Hall–Kier alpha value is -1.93. The van der Waals surface area contributed by atoms with Gasteiger partial charge in [-0.1, -0.05) is 0 Å². The first-order chi connectivity index (χ1) is 8.33. The van der Waals surface area contributed by atoms with Crippen molar-refractivity contribution in [3.8, 4) is 17.3 Å². The lowest BCUT2D eigenvalue weighted by atomic mass is 10.1. The van der Waals surface area contributed by atoms with Crippen molar-refractivity contribution in [1.82, 2.24) is 9.78 Å². The van der Waals surface area contributed by atoms with Crippen LogP contribution in [0.5, 0.6) is 0 Å². The van der Waals surface area contributed by atoms with Crippen molar-refractivity contribution >= 4 is 17.6 Å². The number of rotatable bonds is 1.